The predicted molar refractivity (Wildman–Crippen MR) is 118 cm³/mol. The van der Waals surface area contributed by atoms with E-state index in [1.807, 2.05) is 35.4 Å². The van der Waals surface area contributed by atoms with Crippen molar-refractivity contribution in [1.29, 1.82) is 0 Å². The van der Waals surface area contributed by atoms with Gasteiger partial charge in [-0.2, -0.15) is 0 Å². The summed E-state index contributed by atoms with van der Waals surface area (Å²) in [6.45, 7) is 12.5. The highest BCUT2D eigenvalue weighted by molar-refractivity contribution is 6.05. The van der Waals surface area contributed by atoms with Gasteiger partial charge in [-0.05, 0) is 41.0 Å². The Bertz CT molecular complexity index is 929. The van der Waals surface area contributed by atoms with E-state index in [0.29, 0.717) is 12.5 Å². The lowest BCUT2D eigenvalue weighted by Crippen LogP contribution is -2.32. The number of aromatic amines is 1. The average Bonchev–Trinajstić information content (AvgIpc) is 3.13. The molecule has 1 aromatic heterocycles. The van der Waals surface area contributed by atoms with Crippen molar-refractivity contribution >= 4 is 16.8 Å². The summed E-state index contributed by atoms with van der Waals surface area (Å²) in [4.78, 5) is 18.6. The number of nitrogens with zero attached hydrogens (tertiary/aromatic N) is 1. The number of rotatable bonds is 6. The number of para-hydroxylation sites is 1. The van der Waals surface area contributed by atoms with Gasteiger partial charge in [0.2, 0.25) is 0 Å². The minimum atomic E-state index is 0.0913. The molecule has 0 aliphatic carbocycles. The molecule has 0 saturated heterocycles. The van der Waals surface area contributed by atoms with Crippen molar-refractivity contribution in [1.82, 2.24) is 9.88 Å². The van der Waals surface area contributed by atoms with E-state index in [1.54, 1.807) is 0 Å². The van der Waals surface area contributed by atoms with Crippen LogP contribution in [0.4, 0.5) is 0 Å². The van der Waals surface area contributed by atoms with Gasteiger partial charge in [0, 0.05) is 24.7 Å². The third-order valence-corrected chi connectivity index (χ3v) is 5.27. The van der Waals surface area contributed by atoms with Crippen LogP contribution in [-0.4, -0.2) is 22.3 Å². The van der Waals surface area contributed by atoms with Gasteiger partial charge < -0.3 is 9.88 Å². The highest BCUT2D eigenvalue weighted by Gasteiger charge is 2.20. The summed E-state index contributed by atoms with van der Waals surface area (Å²) >= 11 is 0. The second-order valence-corrected chi connectivity index (χ2v) is 9.10. The van der Waals surface area contributed by atoms with Crippen LogP contribution in [0.5, 0.6) is 0 Å². The van der Waals surface area contributed by atoms with E-state index < -0.39 is 0 Å². The van der Waals surface area contributed by atoms with Gasteiger partial charge >= 0.3 is 0 Å². The van der Waals surface area contributed by atoms with Gasteiger partial charge in [-0.25, -0.2) is 0 Å². The predicted octanol–water partition coefficient (Wildman–Crippen LogP) is 6.15. The SMILES string of the molecule is CC(C)CCN(Cc1ccc(C(C)(C)C)cc1)C(=O)c1cccc2cc[nH]c12. The topological polar surface area (TPSA) is 36.1 Å². The van der Waals surface area contributed by atoms with E-state index in [9.17, 15) is 4.79 Å². The zero-order chi connectivity index (χ0) is 20.3. The van der Waals surface area contributed by atoms with Gasteiger partial charge in [-0.15, -0.1) is 0 Å². The van der Waals surface area contributed by atoms with Crippen LogP contribution in [0.25, 0.3) is 10.9 Å². The Morgan fingerprint density at radius 2 is 1.75 bits per heavy atom. The molecule has 3 rings (SSSR count). The molecule has 0 unspecified atom stereocenters. The summed E-state index contributed by atoms with van der Waals surface area (Å²) in [7, 11) is 0. The van der Waals surface area contributed by atoms with Crippen molar-refractivity contribution in [3.63, 3.8) is 0 Å². The fraction of sp³-hybridized carbons (Fsp3) is 0.400. The number of amides is 1. The van der Waals surface area contributed by atoms with Crippen LogP contribution in [0.2, 0.25) is 0 Å². The lowest BCUT2D eigenvalue weighted by molar-refractivity contribution is 0.0737. The monoisotopic (exact) mass is 376 g/mol. The first-order valence-corrected chi connectivity index (χ1v) is 10.2. The maximum absolute atomic E-state index is 13.4. The second-order valence-electron chi connectivity index (χ2n) is 9.10. The van der Waals surface area contributed by atoms with Gasteiger partial charge in [0.1, 0.15) is 0 Å². The molecule has 0 radical (unpaired) electrons. The Morgan fingerprint density at radius 3 is 2.39 bits per heavy atom. The summed E-state index contributed by atoms with van der Waals surface area (Å²) in [5.74, 6) is 0.647. The molecule has 1 N–H and O–H groups in total. The maximum atomic E-state index is 13.4. The van der Waals surface area contributed by atoms with Gasteiger partial charge in [0.15, 0.2) is 0 Å². The smallest absolute Gasteiger partial charge is 0.256 e. The molecule has 0 aliphatic rings. The molecule has 0 spiro atoms. The molecule has 0 saturated carbocycles. The number of aromatic nitrogens is 1. The number of hydrogen-bond acceptors (Lipinski definition) is 1. The largest absolute Gasteiger partial charge is 0.361 e. The zero-order valence-electron chi connectivity index (χ0n) is 17.8. The van der Waals surface area contributed by atoms with Crippen LogP contribution < -0.4 is 0 Å². The summed E-state index contributed by atoms with van der Waals surface area (Å²) in [5.41, 5.74) is 4.29. The van der Waals surface area contributed by atoms with E-state index >= 15 is 0 Å². The molecule has 0 atom stereocenters. The molecule has 0 aliphatic heterocycles. The van der Waals surface area contributed by atoms with Crippen molar-refractivity contribution in [2.24, 2.45) is 5.92 Å². The summed E-state index contributed by atoms with van der Waals surface area (Å²) in [6, 6.07) is 16.6. The molecule has 1 amide bonds. The molecule has 3 nitrogen and oxygen atoms in total. The van der Waals surface area contributed by atoms with Crippen molar-refractivity contribution < 1.29 is 4.79 Å². The first-order chi connectivity index (χ1) is 13.3. The quantitative estimate of drug-likeness (QED) is 0.550. The highest BCUT2D eigenvalue weighted by atomic mass is 16.2. The number of benzene rings is 2. The minimum absolute atomic E-state index is 0.0913. The summed E-state index contributed by atoms with van der Waals surface area (Å²) in [5, 5.41) is 1.07. The summed E-state index contributed by atoms with van der Waals surface area (Å²) < 4.78 is 0. The summed E-state index contributed by atoms with van der Waals surface area (Å²) in [6.07, 6.45) is 2.89. The lowest BCUT2D eigenvalue weighted by Gasteiger charge is -2.25. The van der Waals surface area contributed by atoms with Crippen LogP contribution in [0.3, 0.4) is 0 Å². The molecule has 3 heteroatoms. The van der Waals surface area contributed by atoms with E-state index in [4.69, 9.17) is 0 Å². The molecule has 3 aromatic rings. The van der Waals surface area contributed by atoms with Crippen molar-refractivity contribution in [2.75, 3.05) is 6.54 Å². The first-order valence-electron chi connectivity index (χ1n) is 10.2. The molecule has 1 heterocycles. The fourth-order valence-electron chi connectivity index (χ4n) is 3.43. The molecular weight excluding hydrogens is 344 g/mol. The van der Waals surface area contributed by atoms with Gasteiger partial charge in [-0.3, -0.25) is 4.79 Å². The van der Waals surface area contributed by atoms with Gasteiger partial charge in [0.25, 0.3) is 5.91 Å². The number of H-pyrrole nitrogens is 1. The maximum Gasteiger partial charge on any atom is 0.256 e. The number of hydrogen-bond donors (Lipinski definition) is 1. The lowest BCUT2D eigenvalue weighted by atomic mass is 9.87. The third kappa shape index (κ3) is 4.64. The number of nitrogens with one attached hydrogen (secondary N) is 1. The van der Waals surface area contributed by atoms with E-state index in [2.05, 4.69) is 63.9 Å². The van der Waals surface area contributed by atoms with E-state index in [1.165, 1.54) is 11.1 Å². The molecular formula is C25H32N2O. The molecule has 28 heavy (non-hydrogen) atoms. The molecule has 0 fully saturated rings. The Labute approximate surface area is 168 Å². The van der Waals surface area contributed by atoms with E-state index in [-0.39, 0.29) is 11.3 Å². The van der Waals surface area contributed by atoms with Crippen LogP contribution in [-0.2, 0) is 12.0 Å². The molecule has 148 valence electrons. The Hall–Kier alpha value is -2.55. The average molecular weight is 377 g/mol. The second kappa shape index (κ2) is 8.22. The first kappa shape index (κ1) is 20.2. The normalized spacial score (nSPS) is 11.9. The zero-order valence-corrected chi connectivity index (χ0v) is 17.8. The Kier molecular flexibility index (Phi) is 5.93. The Morgan fingerprint density at radius 1 is 1.04 bits per heavy atom. The van der Waals surface area contributed by atoms with Gasteiger partial charge in [-0.1, -0.05) is 71.0 Å². The van der Waals surface area contributed by atoms with Crippen LogP contribution in [0.1, 0.15) is 62.5 Å². The van der Waals surface area contributed by atoms with Crippen molar-refractivity contribution in [3.8, 4) is 0 Å². The highest BCUT2D eigenvalue weighted by Crippen LogP contribution is 2.24. The van der Waals surface area contributed by atoms with Crippen LogP contribution >= 0.6 is 0 Å². The number of carbonyl (C=O) groups excluding carboxylic acids is 1. The number of carbonyl (C=O) groups is 1. The van der Waals surface area contributed by atoms with E-state index in [0.717, 1.165) is 29.4 Å². The Balaban J connectivity index is 1.86. The van der Waals surface area contributed by atoms with Crippen LogP contribution in [0.15, 0.2) is 54.7 Å². The third-order valence-electron chi connectivity index (χ3n) is 5.27. The van der Waals surface area contributed by atoms with Crippen molar-refractivity contribution in [2.45, 2.75) is 53.0 Å². The minimum Gasteiger partial charge on any atom is -0.361 e. The molecule has 2 aromatic carbocycles. The standard InChI is InChI=1S/C25H32N2O/c1-18(2)14-16-27(17-19-9-11-21(12-10-19)25(3,4)5)24(28)22-8-6-7-20-13-15-26-23(20)22/h6-13,15,18,26H,14,16-17H2,1-5H3. The molecule has 0 bridgehead atoms. The fourth-order valence-corrected chi connectivity index (χ4v) is 3.43. The van der Waals surface area contributed by atoms with Gasteiger partial charge in [0.05, 0.1) is 11.1 Å². The van der Waals surface area contributed by atoms with Crippen molar-refractivity contribution in [3.05, 3.63) is 71.4 Å². The number of fused-ring (bicyclic) bond motifs is 1. The van der Waals surface area contributed by atoms with Crippen LogP contribution in [0, 0.1) is 5.92 Å².